The number of carboxylic acids is 1. The smallest absolute Gasteiger partial charge is 0.323 e. The quantitative estimate of drug-likeness (QED) is 0.614. The summed E-state index contributed by atoms with van der Waals surface area (Å²) in [5.74, 6) is -1.66. The van der Waals surface area contributed by atoms with E-state index in [4.69, 9.17) is 5.11 Å². The number of nitrogens with zero attached hydrogens (tertiary/aromatic N) is 1. The van der Waals surface area contributed by atoms with Crippen molar-refractivity contribution in [3.05, 3.63) is 0 Å². The minimum absolute atomic E-state index is 0.00380. The van der Waals surface area contributed by atoms with Crippen LogP contribution in [-0.4, -0.2) is 68.0 Å². The highest BCUT2D eigenvalue weighted by atomic mass is 32.2. The monoisotopic (exact) mass is 264 g/mol. The Balaban J connectivity index is 2.76. The number of nitrogens with one attached hydrogen (secondary N) is 1. The van der Waals surface area contributed by atoms with Crippen LogP contribution < -0.4 is 5.32 Å². The molecule has 0 radical (unpaired) electrons. The summed E-state index contributed by atoms with van der Waals surface area (Å²) in [5, 5.41) is 11.4. The molecule has 1 heterocycles. The van der Waals surface area contributed by atoms with Gasteiger partial charge in [-0.1, -0.05) is 0 Å². The van der Waals surface area contributed by atoms with Gasteiger partial charge in [-0.2, -0.15) is 0 Å². The average molecular weight is 264 g/mol. The molecule has 98 valence electrons. The van der Waals surface area contributed by atoms with Crippen LogP contribution in [-0.2, 0) is 19.4 Å². The van der Waals surface area contributed by atoms with Crippen LogP contribution in [0.1, 0.15) is 6.42 Å². The zero-order valence-electron chi connectivity index (χ0n) is 9.55. The molecule has 1 atom stereocenters. The maximum Gasteiger partial charge on any atom is 0.323 e. The zero-order chi connectivity index (χ0) is 13.1. The Hall–Kier alpha value is -1.15. The molecular weight excluding hydrogens is 248 g/mol. The molecule has 2 N–H and O–H groups in total. The number of aliphatic carboxylic acids is 1. The number of carbonyl (C=O) groups excluding carboxylic acids is 1. The molecule has 1 unspecified atom stereocenters. The lowest BCUT2D eigenvalue weighted by atomic mass is 10.2. The highest BCUT2D eigenvalue weighted by Gasteiger charge is 2.35. The van der Waals surface area contributed by atoms with E-state index in [1.54, 1.807) is 7.05 Å². The molecule has 1 fully saturated rings. The average Bonchev–Trinajstić information content (AvgIpc) is 2.55. The number of carbonyl (C=O) groups is 2. The predicted molar refractivity (Wildman–Crippen MR) is 60.3 cm³/mol. The standard InChI is InChI=1S/C9H16N2O5S/c1-10-4-8(12)11(5-9(13)14)7-2-3-17(15,16)6-7/h7,10H,2-6H2,1H3,(H,13,14). The normalized spacial score (nSPS) is 22.3. The second kappa shape index (κ2) is 5.46. The Kier molecular flexibility index (Phi) is 4.47. The van der Waals surface area contributed by atoms with Crippen molar-refractivity contribution >= 4 is 21.7 Å². The van der Waals surface area contributed by atoms with Crippen LogP contribution in [0.25, 0.3) is 0 Å². The van der Waals surface area contributed by atoms with E-state index < -0.39 is 34.3 Å². The van der Waals surface area contributed by atoms with Gasteiger partial charge in [0.25, 0.3) is 0 Å². The first kappa shape index (κ1) is 13.9. The van der Waals surface area contributed by atoms with Crippen LogP contribution in [0.5, 0.6) is 0 Å². The predicted octanol–water partition coefficient (Wildman–Crippen LogP) is -1.69. The summed E-state index contributed by atoms with van der Waals surface area (Å²) in [6.07, 6.45) is 0.311. The van der Waals surface area contributed by atoms with Crippen LogP contribution in [0.15, 0.2) is 0 Å². The molecule has 1 aliphatic heterocycles. The summed E-state index contributed by atoms with van der Waals surface area (Å²) in [6, 6.07) is -0.517. The van der Waals surface area contributed by atoms with Gasteiger partial charge in [0, 0.05) is 6.04 Å². The Morgan fingerprint density at radius 2 is 2.12 bits per heavy atom. The zero-order valence-corrected chi connectivity index (χ0v) is 10.4. The van der Waals surface area contributed by atoms with E-state index in [0.717, 1.165) is 4.90 Å². The van der Waals surface area contributed by atoms with Gasteiger partial charge in [-0.05, 0) is 13.5 Å². The number of sulfone groups is 1. The highest BCUT2D eigenvalue weighted by Crippen LogP contribution is 2.17. The molecule has 0 aliphatic carbocycles. The summed E-state index contributed by atoms with van der Waals surface area (Å²) < 4.78 is 22.6. The van der Waals surface area contributed by atoms with Crippen molar-refractivity contribution in [2.45, 2.75) is 12.5 Å². The van der Waals surface area contributed by atoms with Gasteiger partial charge in [0.15, 0.2) is 9.84 Å². The second-order valence-corrected chi connectivity index (χ2v) is 6.23. The van der Waals surface area contributed by atoms with Gasteiger partial charge in [-0.3, -0.25) is 9.59 Å². The third-order valence-electron chi connectivity index (χ3n) is 2.60. The van der Waals surface area contributed by atoms with Gasteiger partial charge in [0.05, 0.1) is 18.1 Å². The van der Waals surface area contributed by atoms with Crippen LogP contribution in [0.3, 0.4) is 0 Å². The van der Waals surface area contributed by atoms with Crippen LogP contribution in [0.4, 0.5) is 0 Å². The van der Waals surface area contributed by atoms with E-state index in [1.807, 2.05) is 0 Å². The molecular formula is C9H16N2O5S. The maximum absolute atomic E-state index is 11.7. The minimum atomic E-state index is -3.13. The first-order chi connectivity index (χ1) is 7.85. The largest absolute Gasteiger partial charge is 0.480 e. The highest BCUT2D eigenvalue weighted by molar-refractivity contribution is 7.91. The molecule has 7 nitrogen and oxygen atoms in total. The molecule has 0 aromatic heterocycles. The lowest BCUT2D eigenvalue weighted by Gasteiger charge is -2.26. The summed E-state index contributed by atoms with van der Waals surface area (Å²) in [4.78, 5) is 23.5. The summed E-state index contributed by atoms with van der Waals surface area (Å²) in [6.45, 7) is -0.454. The number of carboxylic acid groups (broad SMARTS) is 1. The summed E-state index contributed by atoms with van der Waals surface area (Å²) in [5.41, 5.74) is 0. The van der Waals surface area contributed by atoms with Crippen molar-refractivity contribution in [2.24, 2.45) is 0 Å². The lowest BCUT2D eigenvalue weighted by molar-refractivity contribution is -0.145. The van der Waals surface area contributed by atoms with Crippen LogP contribution in [0.2, 0.25) is 0 Å². The molecule has 1 rings (SSSR count). The molecule has 0 saturated carbocycles. The third-order valence-corrected chi connectivity index (χ3v) is 4.35. The summed E-state index contributed by atoms with van der Waals surface area (Å²) in [7, 11) is -1.56. The van der Waals surface area contributed by atoms with E-state index >= 15 is 0 Å². The van der Waals surface area contributed by atoms with Gasteiger partial charge in [0.2, 0.25) is 5.91 Å². The molecule has 8 heteroatoms. The first-order valence-corrected chi connectivity index (χ1v) is 7.04. The molecule has 0 bridgehead atoms. The van der Waals surface area contributed by atoms with Crippen molar-refractivity contribution in [3.8, 4) is 0 Å². The number of hydrogen-bond donors (Lipinski definition) is 2. The van der Waals surface area contributed by atoms with E-state index in [-0.39, 0.29) is 18.1 Å². The van der Waals surface area contributed by atoms with Crippen molar-refractivity contribution in [2.75, 3.05) is 31.6 Å². The minimum Gasteiger partial charge on any atom is -0.480 e. The van der Waals surface area contributed by atoms with Gasteiger partial charge < -0.3 is 15.3 Å². The Morgan fingerprint density at radius 1 is 1.47 bits per heavy atom. The molecule has 17 heavy (non-hydrogen) atoms. The molecule has 1 amide bonds. The fraction of sp³-hybridized carbons (Fsp3) is 0.778. The topological polar surface area (TPSA) is 104 Å². The fourth-order valence-corrected chi connectivity index (χ4v) is 3.57. The van der Waals surface area contributed by atoms with Crippen molar-refractivity contribution in [1.82, 2.24) is 10.2 Å². The number of amides is 1. The first-order valence-electron chi connectivity index (χ1n) is 5.22. The van der Waals surface area contributed by atoms with Gasteiger partial charge in [0.1, 0.15) is 6.54 Å². The number of likely N-dealkylation sites (N-methyl/N-ethyl adjacent to an activating group) is 1. The van der Waals surface area contributed by atoms with Gasteiger partial charge in [-0.15, -0.1) is 0 Å². The summed E-state index contributed by atoms with van der Waals surface area (Å²) >= 11 is 0. The van der Waals surface area contributed by atoms with Crippen LogP contribution >= 0.6 is 0 Å². The van der Waals surface area contributed by atoms with E-state index in [2.05, 4.69) is 5.32 Å². The molecule has 0 aromatic carbocycles. The lowest BCUT2D eigenvalue weighted by Crippen LogP contribution is -2.47. The fourth-order valence-electron chi connectivity index (χ4n) is 1.84. The van der Waals surface area contributed by atoms with E-state index in [9.17, 15) is 18.0 Å². The van der Waals surface area contributed by atoms with Crippen molar-refractivity contribution < 1.29 is 23.1 Å². The Morgan fingerprint density at radius 3 is 2.53 bits per heavy atom. The van der Waals surface area contributed by atoms with Crippen LogP contribution in [0, 0.1) is 0 Å². The Bertz CT molecular complexity index is 406. The molecule has 1 saturated heterocycles. The van der Waals surface area contributed by atoms with E-state index in [0.29, 0.717) is 6.42 Å². The molecule has 1 aliphatic rings. The van der Waals surface area contributed by atoms with Crippen molar-refractivity contribution in [1.29, 1.82) is 0 Å². The second-order valence-electron chi connectivity index (χ2n) is 4.00. The molecule has 0 spiro atoms. The number of rotatable bonds is 5. The van der Waals surface area contributed by atoms with Gasteiger partial charge >= 0.3 is 5.97 Å². The van der Waals surface area contributed by atoms with Gasteiger partial charge in [-0.25, -0.2) is 8.42 Å². The maximum atomic E-state index is 11.7. The number of hydrogen-bond acceptors (Lipinski definition) is 5. The SMILES string of the molecule is CNCC(=O)N(CC(=O)O)C1CCS(=O)(=O)C1. The third kappa shape index (κ3) is 3.97. The Labute approximate surface area is 99.7 Å². The van der Waals surface area contributed by atoms with Crippen molar-refractivity contribution in [3.63, 3.8) is 0 Å². The molecule has 0 aromatic rings. The van der Waals surface area contributed by atoms with E-state index in [1.165, 1.54) is 0 Å².